The van der Waals surface area contributed by atoms with E-state index in [4.69, 9.17) is 0 Å². The number of hydrogen-bond donors (Lipinski definition) is 0. The number of halogens is 2. The molecule has 0 aliphatic carbocycles. The second kappa shape index (κ2) is 18.9. The highest BCUT2D eigenvalue weighted by Crippen LogP contribution is 2.18. The highest BCUT2D eigenvalue weighted by molar-refractivity contribution is 9.09. The Labute approximate surface area is 171 Å². The van der Waals surface area contributed by atoms with Crippen LogP contribution in [0.3, 0.4) is 0 Å². The van der Waals surface area contributed by atoms with Crippen molar-refractivity contribution >= 4 is 42.7 Å². The zero-order valence-electron chi connectivity index (χ0n) is 16.0. The lowest BCUT2D eigenvalue weighted by atomic mass is 10.1. The average Bonchev–Trinajstić information content (AvgIpc) is 2.59. The Kier molecular flexibility index (Phi) is 19.8. The zero-order valence-corrected chi connectivity index (χ0v) is 20.0. The monoisotopic (exact) mass is 486 g/mol. The van der Waals surface area contributed by atoms with Gasteiger partial charge in [0.2, 0.25) is 0 Å². The van der Waals surface area contributed by atoms with E-state index in [2.05, 4.69) is 45.7 Å². The molecule has 0 fully saturated rings. The molecule has 2 atom stereocenters. The molecule has 0 aromatic heterocycles. The van der Waals surface area contributed by atoms with Gasteiger partial charge < -0.3 is 0 Å². The number of alkyl halides is 2. The topological polar surface area (TPSA) is 17.1 Å². The fourth-order valence-electron chi connectivity index (χ4n) is 3.10. The molecule has 0 aromatic rings. The molecule has 1 nitrogen and oxygen atoms in total. The summed E-state index contributed by atoms with van der Waals surface area (Å²) in [7, 11) is -0.642. The SMILES string of the molecule is CC(CCCCCCCCBr)S(=O)C(C)CCCCCCCCBr. The van der Waals surface area contributed by atoms with Gasteiger partial charge in [0, 0.05) is 32.0 Å². The third kappa shape index (κ3) is 15.4. The molecule has 0 aromatic carbocycles. The van der Waals surface area contributed by atoms with Crippen LogP contribution >= 0.6 is 31.9 Å². The first-order chi connectivity index (χ1) is 11.6. The molecular weight excluding hydrogens is 448 g/mol. The summed E-state index contributed by atoms with van der Waals surface area (Å²) in [5, 5.41) is 3.03. The summed E-state index contributed by atoms with van der Waals surface area (Å²) >= 11 is 6.96. The third-order valence-electron chi connectivity index (χ3n) is 4.78. The minimum Gasteiger partial charge on any atom is -0.259 e. The molecule has 0 rings (SSSR count). The molecule has 0 heterocycles. The minimum absolute atomic E-state index is 0.376. The highest BCUT2D eigenvalue weighted by atomic mass is 79.9. The molecule has 4 heteroatoms. The quantitative estimate of drug-likeness (QED) is 0.142. The van der Waals surface area contributed by atoms with Crippen molar-refractivity contribution in [2.75, 3.05) is 10.7 Å². The fourth-order valence-corrected chi connectivity index (χ4v) is 5.48. The van der Waals surface area contributed by atoms with Gasteiger partial charge in [-0.1, -0.05) is 110 Å². The van der Waals surface area contributed by atoms with Gasteiger partial charge in [-0.05, 0) is 25.7 Å². The minimum atomic E-state index is -0.642. The molecule has 0 bridgehead atoms. The summed E-state index contributed by atoms with van der Waals surface area (Å²) in [4.78, 5) is 0. The molecule has 2 unspecified atom stereocenters. The Bertz CT molecular complexity index is 261. The van der Waals surface area contributed by atoms with Crippen molar-refractivity contribution in [2.24, 2.45) is 0 Å². The third-order valence-corrected chi connectivity index (χ3v) is 7.96. The average molecular weight is 488 g/mol. The highest BCUT2D eigenvalue weighted by Gasteiger charge is 2.17. The summed E-state index contributed by atoms with van der Waals surface area (Å²) < 4.78 is 12.6. The van der Waals surface area contributed by atoms with Crippen LogP contribution in [-0.2, 0) is 10.8 Å². The Hall–Kier alpha value is 1.11. The number of unbranched alkanes of at least 4 members (excludes halogenated alkanes) is 10. The second-order valence-corrected chi connectivity index (χ2v) is 11.0. The van der Waals surface area contributed by atoms with Gasteiger partial charge >= 0.3 is 0 Å². The van der Waals surface area contributed by atoms with Gasteiger partial charge in [-0.2, -0.15) is 0 Å². The maximum Gasteiger partial charge on any atom is 0.0322 e. The Morgan fingerprint density at radius 1 is 0.583 bits per heavy atom. The van der Waals surface area contributed by atoms with Gasteiger partial charge in [-0.15, -0.1) is 0 Å². The first kappa shape index (κ1) is 25.1. The standard InChI is InChI=1S/C20H40Br2OS/c1-19(15-11-7-3-5-9-13-17-21)24(23)20(2)16-12-8-4-6-10-14-18-22/h19-20H,3-18H2,1-2H3. The van der Waals surface area contributed by atoms with Crippen LogP contribution in [0.4, 0.5) is 0 Å². The lowest BCUT2D eigenvalue weighted by Gasteiger charge is -2.17. The van der Waals surface area contributed by atoms with Crippen LogP contribution in [0.1, 0.15) is 104 Å². The summed E-state index contributed by atoms with van der Waals surface area (Å²) in [5.74, 6) is 0. The van der Waals surface area contributed by atoms with Gasteiger partial charge in [0.1, 0.15) is 0 Å². The van der Waals surface area contributed by atoms with Crippen LogP contribution in [0.15, 0.2) is 0 Å². The molecule has 0 aliphatic rings. The summed E-state index contributed by atoms with van der Waals surface area (Å²) in [5.41, 5.74) is 0. The van der Waals surface area contributed by atoms with Crippen molar-refractivity contribution in [1.82, 2.24) is 0 Å². The van der Waals surface area contributed by atoms with Gasteiger partial charge in [-0.25, -0.2) is 0 Å². The van der Waals surface area contributed by atoms with Gasteiger partial charge in [0.15, 0.2) is 0 Å². The van der Waals surface area contributed by atoms with E-state index >= 15 is 0 Å². The molecule has 0 amide bonds. The van der Waals surface area contributed by atoms with Crippen LogP contribution in [-0.4, -0.2) is 25.4 Å². The summed E-state index contributed by atoms with van der Waals surface area (Å²) in [6.45, 7) is 4.38. The maximum absolute atomic E-state index is 12.6. The van der Waals surface area contributed by atoms with Gasteiger partial charge in [0.25, 0.3) is 0 Å². The number of rotatable bonds is 18. The number of hydrogen-bond acceptors (Lipinski definition) is 1. The van der Waals surface area contributed by atoms with Crippen LogP contribution in [0.25, 0.3) is 0 Å². The smallest absolute Gasteiger partial charge is 0.0322 e. The van der Waals surface area contributed by atoms with Crippen LogP contribution in [0, 0.1) is 0 Å². The molecule has 0 N–H and O–H groups in total. The summed E-state index contributed by atoms with van der Waals surface area (Å²) in [6, 6.07) is 0. The van der Waals surface area contributed by atoms with E-state index in [1.807, 2.05) is 0 Å². The van der Waals surface area contributed by atoms with E-state index in [0.717, 1.165) is 23.5 Å². The van der Waals surface area contributed by atoms with Crippen molar-refractivity contribution in [2.45, 2.75) is 114 Å². The van der Waals surface area contributed by atoms with E-state index in [1.165, 1.54) is 77.0 Å². The molecule has 0 saturated carbocycles. The second-order valence-electron chi connectivity index (χ2n) is 7.15. The molecule has 0 saturated heterocycles. The van der Waals surface area contributed by atoms with Crippen LogP contribution in [0.2, 0.25) is 0 Å². The molecule has 0 radical (unpaired) electrons. The van der Waals surface area contributed by atoms with E-state index in [-0.39, 0.29) is 0 Å². The first-order valence-corrected chi connectivity index (χ1v) is 13.7. The predicted molar refractivity (Wildman–Crippen MR) is 119 cm³/mol. The van der Waals surface area contributed by atoms with E-state index in [1.54, 1.807) is 0 Å². The van der Waals surface area contributed by atoms with E-state index in [9.17, 15) is 4.21 Å². The lowest BCUT2D eigenvalue weighted by Crippen LogP contribution is -2.21. The summed E-state index contributed by atoms with van der Waals surface area (Å²) in [6.07, 6.45) is 18.1. The van der Waals surface area contributed by atoms with E-state index < -0.39 is 10.8 Å². The van der Waals surface area contributed by atoms with Crippen molar-refractivity contribution in [3.05, 3.63) is 0 Å². The predicted octanol–water partition coefficient (Wildman–Crippen LogP) is 7.76. The van der Waals surface area contributed by atoms with Gasteiger partial charge in [0.05, 0.1) is 0 Å². The van der Waals surface area contributed by atoms with Crippen molar-refractivity contribution in [3.63, 3.8) is 0 Å². The molecule has 24 heavy (non-hydrogen) atoms. The van der Waals surface area contributed by atoms with E-state index in [0.29, 0.717) is 10.5 Å². The zero-order chi connectivity index (χ0) is 18.0. The van der Waals surface area contributed by atoms with Gasteiger partial charge in [-0.3, -0.25) is 4.21 Å². The molecule has 0 aliphatic heterocycles. The maximum atomic E-state index is 12.6. The van der Waals surface area contributed by atoms with Crippen molar-refractivity contribution in [1.29, 1.82) is 0 Å². The Balaban J connectivity index is 3.57. The Morgan fingerprint density at radius 3 is 1.21 bits per heavy atom. The molecule has 146 valence electrons. The molecule has 0 spiro atoms. The fraction of sp³-hybridized carbons (Fsp3) is 1.00. The van der Waals surface area contributed by atoms with Crippen molar-refractivity contribution < 1.29 is 4.21 Å². The van der Waals surface area contributed by atoms with Crippen molar-refractivity contribution in [3.8, 4) is 0 Å². The van der Waals surface area contributed by atoms with Crippen LogP contribution in [0.5, 0.6) is 0 Å². The normalized spacial score (nSPS) is 15.3. The Morgan fingerprint density at radius 2 is 0.875 bits per heavy atom. The first-order valence-electron chi connectivity index (χ1n) is 10.1. The van der Waals surface area contributed by atoms with Crippen LogP contribution < -0.4 is 0 Å². The lowest BCUT2D eigenvalue weighted by molar-refractivity contribution is 0.570. The largest absolute Gasteiger partial charge is 0.259 e. The molecular formula is C20H40Br2OS.